The van der Waals surface area contributed by atoms with Crippen LogP contribution in [0.15, 0.2) is 29.4 Å². The van der Waals surface area contributed by atoms with Gasteiger partial charge in [-0.2, -0.15) is 10.1 Å². The van der Waals surface area contributed by atoms with Gasteiger partial charge in [-0.1, -0.05) is 6.92 Å². The van der Waals surface area contributed by atoms with Crippen LogP contribution in [0.5, 0.6) is 0 Å². The molecule has 0 radical (unpaired) electrons. The topological polar surface area (TPSA) is 90.9 Å². The van der Waals surface area contributed by atoms with E-state index in [1.54, 1.807) is 13.1 Å². The van der Waals surface area contributed by atoms with Crippen molar-refractivity contribution in [2.24, 2.45) is 10.9 Å². The Balaban J connectivity index is 1.62. The summed E-state index contributed by atoms with van der Waals surface area (Å²) in [7, 11) is 0. The molecule has 1 aromatic carbocycles. The minimum Gasteiger partial charge on any atom is -0.338 e. The van der Waals surface area contributed by atoms with E-state index in [1.165, 1.54) is 0 Å². The number of nitrogens with one attached hydrogen (secondary N) is 3. The fraction of sp³-hybridized carbons (Fsp3) is 0.368. The van der Waals surface area contributed by atoms with Crippen molar-refractivity contribution in [3.8, 4) is 0 Å². The second kappa shape index (κ2) is 7.40. The van der Waals surface area contributed by atoms with Crippen LogP contribution in [0.3, 0.4) is 0 Å². The summed E-state index contributed by atoms with van der Waals surface area (Å²) >= 11 is 0. The average molecular weight is 367 g/mol. The molecule has 3 N–H and O–H groups in total. The van der Waals surface area contributed by atoms with Crippen LogP contribution in [-0.4, -0.2) is 39.0 Å². The SMILES string of the molecule is Cc1nc(N=C2CCC(C)CNC2)nc(Nc2ccc3[nH]ncc3c2)c1F. The summed E-state index contributed by atoms with van der Waals surface area (Å²) in [6.45, 7) is 5.53. The standard InChI is InChI=1S/C19H22FN7/c1-11-3-4-15(10-21-8-11)25-19-23-12(2)17(20)18(26-19)24-14-5-6-16-13(7-14)9-22-27-16/h5-7,9,11,21H,3-4,8,10H2,1-2H3,(H,22,27)(H,23,24,26). The Morgan fingerprint density at radius 2 is 2.19 bits per heavy atom. The van der Waals surface area contributed by atoms with Crippen LogP contribution in [0.4, 0.5) is 21.8 Å². The number of aromatic nitrogens is 4. The van der Waals surface area contributed by atoms with Crippen molar-refractivity contribution in [1.82, 2.24) is 25.5 Å². The van der Waals surface area contributed by atoms with Gasteiger partial charge in [-0.15, -0.1) is 0 Å². The molecule has 27 heavy (non-hydrogen) atoms. The van der Waals surface area contributed by atoms with Crippen LogP contribution < -0.4 is 10.6 Å². The maximum absolute atomic E-state index is 14.5. The molecule has 1 aliphatic heterocycles. The lowest BCUT2D eigenvalue weighted by atomic mass is 10.1. The van der Waals surface area contributed by atoms with Crippen molar-refractivity contribution < 1.29 is 4.39 Å². The highest BCUT2D eigenvalue weighted by molar-refractivity contribution is 5.88. The molecule has 4 rings (SSSR count). The average Bonchev–Trinajstić information content (AvgIpc) is 3.02. The third-order valence-electron chi connectivity index (χ3n) is 4.71. The van der Waals surface area contributed by atoms with Gasteiger partial charge in [-0.3, -0.25) is 5.10 Å². The first kappa shape index (κ1) is 17.5. The molecule has 1 unspecified atom stereocenters. The van der Waals surface area contributed by atoms with Gasteiger partial charge in [-0.05, 0) is 50.4 Å². The lowest BCUT2D eigenvalue weighted by Gasteiger charge is -2.09. The number of aryl methyl sites for hydroxylation is 1. The Morgan fingerprint density at radius 1 is 1.30 bits per heavy atom. The summed E-state index contributed by atoms with van der Waals surface area (Å²) in [6.07, 6.45) is 3.69. The van der Waals surface area contributed by atoms with Gasteiger partial charge in [0.2, 0.25) is 0 Å². The van der Waals surface area contributed by atoms with Crippen molar-refractivity contribution in [3.63, 3.8) is 0 Å². The molecule has 1 aliphatic rings. The van der Waals surface area contributed by atoms with Crippen molar-refractivity contribution in [2.45, 2.75) is 26.7 Å². The minimum atomic E-state index is -0.473. The largest absolute Gasteiger partial charge is 0.338 e. The molecule has 0 aliphatic carbocycles. The summed E-state index contributed by atoms with van der Waals surface area (Å²) in [5.74, 6) is 0.550. The molecular formula is C19H22FN7. The highest BCUT2D eigenvalue weighted by atomic mass is 19.1. The van der Waals surface area contributed by atoms with E-state index in [2.05, 4.69) is 42.7 Å². The first-order valence-corrected chi connectivity index (χ1v) is 9.10. The van der Waals surface area contributed by atoms with Gasteiger partial charge >= 0.3 is 0 Å². The predicted molar refractivity (Wildman–Crippen MR) is 104 cm³/mol. The van der Waals surface area contributed by atoms with Gasteiger partial charge in [0.1, 0.15) is 0 Å². The highest BCUT2D eigenvalue weighted by Crippen LogP contribution is 2.24. The zero-order chi connectivity index (χ0) is 18.8. The number of aliphatic imine (C=N–C) groups is 1. The van der Waals surface area contributed by atoms with Gasteiger partial charge in [-0.25, -0.2) is 14.4 Å². The summed E-state index contributed by atoms with van der Waals surface area (Å²) < 4.78 is 14.5. The number of benzene rings is 1. The van der Waals surface area contributed by atoms with Crippen LogP contribution in [-0.2, 0) is 0 Å². The zero-order valence-corrected chi connectivity index (χ0v) is 15.4. The first-order valence-electron chi connectivity index (χ1n) is 9.10. The number of nitrogens with zero attached hydrogens (tertiary/aromatic N) is 4. The predicted octanol–water partition coefficient (Wildman–Crippen LogP) is 3.64. The molecule has 7 nitrogen and oxygen atoms in total. The molecule has 3 aromatic rings. The number of fused-ring (bicyclic) bond motifs is 1. The minimum absolute atomic E-state index is 0.125. The molecule has 1 fully saturated rings. The number of anilines is 2. The lowest BCUT2D eigenvalue weighted by molar-refractivity contribution is 0.527. The van der Waals surface area contributed by atoms with E-state index >= 15 is 0 Å². The van der Waals surface area contributed by atoms with Gasteiger partial charge in [0.05, 0.1) is 17.4 Å². The molecule has 8 heteroatoms. The number of hydrogen-bond acceptors (Lipinski definition) is 6. The van der Waals surface area contributed by atoms with Gasteiger partial charge in [0.25, 0.3) is 5.95 Å². The Hall–Kier alpha value is -2.87. The number of rotatable bonds is 3. The number of hydrogen-bond donors (Lipinski definition) is 3. The Labute approximate surface area is 156 Å². The van der Waals surface area contributed by atoms with E-state index in [0.29, 0.717) is 12.5 Å². The summed E-state index contributed by atoms with van der Waals surface area (Å²) in [5, 5.41) is 14.2. The third kappa shape index (κ3) is 3.95. The molecule has 0 spiro atoms. The number of H-pyrrole nitrogens is 1. The van der Waals surface area contributed by atoms with Crippen molar-refractivity contribution in [1.29, 1.82) is 0 Å². The molecule has 0 saturated carbocycles. The summed E-state index contributed by atoms with van der Waals surface area (Å²) in [5.41, 5.74) is 2.91. The molecule has 0 amide bonds. The van der Waals surface area contributed by atoms with Crippen molar-refractivity contribution in [3.05, 3.63) is 35.9 Å². The van der Waals surface area contributed by atoms with Gasteiger partial charge < -0.3 is 10.6 Å². The van der Waals surface area contributed by atoms with E-state index < -0.39 is 5.82 Å². The van der Waals surface area contributed by atoms with Gasteiger partial charge in [0, 0.05) is 23.3 Å². The van der Waals surface area contributed by atoms with Crippen LogP contribution >= 0.6 is 0 Å². The first-order chi connectivity index (χ1) is 13.1. The maximum Gasteiger partial charge on any atom is 0.251 e. The number of halogens is 1. The third-order valence-corrected chi connectivity index (χ3v) is 4.71. The van der Waals surface area contributed by atoms with Crippen molar-refractivity contribution >= 4 is 34.1 Å². The Kier molecular flexibility index (Phi) is 4.81. The van der Waals surface area contributed by atoms with E-state index in [0.717, 1.165) is 41.7 Å². The second-order valence-corrected chi connectivity index (χ2v) is 7.02. The van der Waals surface area contributed by atoms with Crippen LogP contribution in [0.2, 0.25) is 0 Å². The van der Waals surface area contributed by atoms with Crippen molar-refractivity contribution in [2.75, 3.05) is 18.4 Å². The summed E-state index contributed by atoms with van der Waals surface area (Å²) in [6, 6.07) is 5.62. The maximum atomic E-state index is 14.5. The Morgan fingerprint density at radius 3 is 3.07 bits per heavy atom. The zero-order valence-electron chi connectivity index (χ0n) is 15.4. The van der Waals surface area contributed by atoms with E-state index in [1.807, 2.05) is 18.2 Å². The lowest BCUT2D eigenvalue weighted by Crippen LogP contribution is -2.22. The smallest absolute Gasteiger partial charge is 0.251 e. The Bertz CT molecular complexity index is 995. The highest BCUT2D eigenvalue weighted by Gasteiger charge is 2.15. The molecule has 0 bridgehead atoms. The van der Waals surface area contributed by atoms with Crippen LogP contribution in [0, 0.1) is 18.7 Å². The van der Waals surface area contributed by atoms with Gasteiger partial charge in [0.15, 0.2) is 11.6 Å². The molecule has 3 heterocycles. The van der Waals surface area contributed by atoms with E-state index in [9.17, 15) is 4.39 Å². The fourth-order valence-corrected chi connectivity index (χ4v) is 3.14. The molecule has 2 aromatic heterocycles. The molecular weight excluding hydrogens is 345 g/mol. The quantitative estimate of drug-likeness (QED) is 0.657. The number of aromatic amines is 1. The monoisotopic (exact) mass is 367 g/mol. The van der Waals surface area contributed by atoms with E-state index in [4.69, 9.17) is 0 Å². The van der Waals surface area contributed by atoms with Crippen LogP contribution in [0.1, 0.15) is 25.5 Å². The van der Waals surface area contributed by atoms with Crippen LogP contribution in [0.25, 0.3) is 10.9 Å². The summed E-state index contributed by atoms with van der Waals surface area (Å²) in [4.78, 5) is 13.1. The van der Waals surface area contributed by atoms with E-state index in [-0.39, 0.29) is 17.5 Å². The second-order valence-electron chi connectivity index (χ2n) is 7.02. The molecule has 1 atom stereocenters. The fourth-order valence-electron chi connectivity index (χ4n) is 3.14. The normalized spacial score (nSPS) is 19.4. The molecule has 140 valence electrons. The molecule has 1 saturated heterocycles.